The molecule has 0 aromatic carbocycles. The van der Waals surface area contributed by atoms with Crippen LogP contribution in [0.5, 0.6) is 0 Å². The van der Waals surface area contributed by atoms with Gasteiger partial charge in [-0.25, -0.2) is 4.98 Å². The molecule has 0 aliphatic heterocycles. The standard InChI is InChI=1S/C13H10N2OS2/c1-9-2-3-12(18-9)11(16)8-17-13-6-10(7-14)4-5-15-13/h2-6H,8H2,1H3. The van der Waals surface area contributed by atoms with Crippen molar-refractivity contribution in [2.75, 3.05) is 5.75 Å². The van der Waals surface area contributed by atoms with Crippen LogP contribution in [0.3, 0.4) is 0 Å². The monoisotopic (exact) mass is 274 g/mol. The number of nitrogens with zero attached hydrogens (tertiary/aromatic N) is 2. The van der Waals surface area contributed by atoms with Gasteiger partial charge in [-0.1, -0.05) is 11.8 Å². The lowest BCUT2D eigenvalue weighted by Crippen LogP contribution is -1.99. The zero-order valence-corrected chi connectivity index (χ0v) is 11.3. The molecule has 0 fully saturated rings. The molecule has 0 unspecified atom stereocenters. The fourth-order valence-corrected chi connectivity index (χ4v) is 3.03. The Bertz CT molecular complexity index is 613. The molecule has 2 aromatic heterocycles. The maximum Gasteiger partial charge on any atom is 0.183 e. The van der Waals surface area contributed by atoms with Gasteiger partial charge in [0, 0.05) is 11.1 Å². The van der Waals surface area contributed by atoms with Gasteiger partial charge in [-0.05, 0) is 31.2 Å². The van der Waals surface area contributed by atoms with Crippen LogP contribution in [0.15, 0.2) is 35.5 Å². The van der Waals surface area contributed by atoms with Crippen molar-refractivity contribution in [2.24, 2.45) is 0 Å². The molecule has 0 amide bonds. The summed E-state index contributed by atoms with van der Waals surface area (Å²) in [7, 11) is 0. The van der Waals surface area contributed by atoms with Gasteiger partial charge in [0.15, 0.2) is 5.78 Å². The highest BCUT2D eigenvalue weighted by Crippen LogP contribution is 2.21. The molecule has 3 nitrogen and oxygen atoms in total. The van der Waals surface area contributed by atoms with E-state index in [2.05, 4.69) is 11.1 Å². The Hall–Kier alpha value is -1.64. The van der Waals surface area contributed by atoms with Gasteiger partial charge in [-0.15, -0.1) is 11.3 Å². The third-order valence-corrected chi connectivity index (χ3v) is 4.20. The molecule has 2 heterocycles. The summed E-state index contributed by atoms with van der Waals surface area (Å²) in [5.74, 6) is 0.448. The highest BCUT2D eigenvalue weighted by molar-refractivity contribution is 8.00. The van der Waals surface area contributed by atoms with E-state index in [1.54, 1.807) is 18.3 Å². The molecule has 0 atom stereocenters. The second kappa shape index (κ2) is 5.80. The first-order chi connectivity index (χ1) is 8.69. The summed E-state index contributed by atoms with van der Waals surface area (Å²) in [6, 6.07) is 9.18. The molecular weight excluding hydrogens is 264 g/mol. The lowest BCUT2D eigenvalue weighted by Gasteiger charge is -1.99. The number of rotatable bonds is 4. The minimum absolute atomic E-state index is 0.0993. The van der Waals surface area contributed by atoms with Gasteiger partial charge in [-0.2, -0.15) is 5.26 Å². The molecular formula is C13H10N2OS2. The average molecular weight is 274 g/mol. The number of carbonyl (C=O) groups excluding carboxylic acids is 1. The number of pyridine rings is 1. The number of nitriles is 1. The maximum atomic E-state index is 11.9. The van der Waals surface area contributed by atoms with E-state index in [0.29, 0.717) is 16.3 Å². The quantitative estimate of drug-likeness (QED) is 0.634. The van der Waals surface area contributed by atoms with Gasteiger partial charge in [-0.3, -0.25) is 4.79 Å². The normalized spacial score (nSPS) is 10.0. The summed E-state index contributed by atoms with van der Waals surface area (Å²) >= 11 is 2.86. The number of hydrogen-bond acceptors (Lipinski definition) is 5. The second-order valence-electron chi connectivity index (χ2n) is 3.62. The van der Waals surface area contributed by atoms with E-state index in [1.165, 1.54) is 23.1 Å². The second-order valence-corrected chi connectivity index (χ2v) is 5.90. The van der Waals surface area contributed by atoms with Crippen LogP contribution in [-0.4, -0.2) is 16.5 Å². The van der Waals surface area contributed by atoms with E-state index in [1.807, 2.05) is 19.1 Å². The van der Waals surface area contributed by atoms with Crippen LogP contribution in [0.25, 0.3) is 0 Å². The highest BCUT2D eigenvalue weighted by Gasteiger charge is 2.09. The molecule has 0 aliphatic carbocycles. The number of ketones is 1. The average Bonchev–Trinajstić information content (AvgIpc) is 2.83. The fourth-order valence-electron chi connectivity index (χ4n) is 1.35. The Balaban J connectivity index is 1.99. The lowest BCUT2D eigenvalue weighted by molar-refractivity contribution is 0.102. The number of thioether (sulfide) groups is 1. The number of thiophene rings is 1. The first-order valence-corrected chi connectivity index (χ1v) is 7.08. The third-order valence-electron chi connectivity index (χ3n) is 2.23. The smallest absolute Gasteiger partial charge is 0.183 e. The zero-order valence-electron chi connectivity index (χ0n) is 9.71. The maximum absolute atomic E-state index is 11.9. The fraction of sp³-hybridized carbons (Fsp3) is 0.154. The van der Waals surface area contributed by atoms with Crippen molar-refractivity contribution in [2.45, 2.75) is 11.9 Å². The summed E-state index contributed by atoms with van der Waals surface area (Å²) in [6.45, 7) is 1.98. The Labute approximate surface area is 113 Å². The largest absolute Gasteiger partial charge is 0.292 e. The first-order valence-electron chi connectivity index (χ1n) is 5.27. The predicted octanol–water partition coefficient (Wildman–Crippen LogP) is 3.30. The van der Waals surface area contributed by atoms with Crippen molar-refractivity contribution < 1.29 is 4.79 Å². The molecule has 90 valence electrons. The van der Waals surface area contributed by atoms with Gasteiger partial charge in [0.05, 0.1) is 27.3 Å². The van der Waals surface area contributed by atoms with E-state index in [4.69, 9.17) is 5.26 Å². The van der Waals surface area contributed by atoms with Crippen LogP contribution in [0, 0.1) is 18.3 Å². The SMILES string of the molecule is Cc1ccc(C(=O)CSc2cc(C#N)ccn2)s1. The molecule has 2 rings (SSSR count). The van der Waals surface area contributed by atoms with Crippen LogP contribution in [0.4, 0.5) is 0 Å². The van der Waals surface area contributed by atoms with E-state index in [9.17, 15) is 4.79 Å². The Morgan fingerprint density at radius 3 is 3.00 bits per heavy atom. The van der Waals surface area contributed by atoms with Gasteiger partial charge in [0.1, 0.15) is 0 Å². The minimum atomic E-state index is 0.0993. The Morgan fingerprint density at radius 2 is 2.33 bits per heavy atom. The molecule has 0 radical (unpaired) electrons. The molecule has 2 aromatic rings. The summed E-state index contributed by atoms with van der Waals surface area (Å²) in [4.78, 5) is 17.9. The number of aromatic nitrogens is 1. The van der Waals surface area contributed by atoms with Crippen molar-refractivity contribution in [1.29, 1.82) is 5.26 Å². The van der Waals surface area contributed by atoms with Crippen LogP contribution >= 0.6 is 23.1 Å². The van der Waals surface area contributed by atoms with Gasteiger partial charge < -0.3 is 0 Å². The minimum Gasteiger partial charge on any atom is -0.292 e. The van der Waals surface area contributed by atoms with E-state index >= 15 is 0 Å². The first kappa shape index (κ1) is 12.8. The van der Waals surface area contributed by atoms with E-state index in [-0.39, 0.29) is 5.78 Å². The van der Waals surface area contributed by atoms with Gasteiger partial charge in [0.2, 0.25) is 0 Å². The number of hydrogen-bond donors (Lipinski definition) is 0. The molecule has 0 spiro atoms. The zero-order chi connectivity index (χ0) is 13.0. The molecule has 0 saturated heterocycles. The Morgan fingerprint density at radius 1 is 1.50 bits per heavy atom. The predicted molar refractivity (Wildman–Crippen MR) is 73.1 cm³/mol. The molecule has 0 aliphatic rings. The van der Waals surface area contributed by atoms with Crippen molar-refractivity contribution >= 4 is 28.9 Å². The van der Waals surface area contributed by atoms with Crippen molar-refractivity contribution in [3.05, 3.63) is 45.8 Å². The molecule has 0 saturated carbocycles. The van der Waals surface area contributed by atoms with Crippen LogP contribution in [0.2, 0.25) is 0 Å². The van der Waals surface area contributed by atoms with Crippen LogP contribution in [0.1, 0.15) is 20.1 Å². The highest BCUT2D eigenvalue weighted by atomic mass is 32.2. The van der Waals surface area contributed by atoms with Crippen LogP contribution < -0.4 is 0 Å². The van der Waals surface area contributed by atoms with E-state index in [0.717, 1.165) is 9.75 Å². The summed E-state index contributed by atoms with van der Waals surface area (Å²) < 4.78 is 0. The summed E-state index contributed by atoms with van der Waals surface area (Å²) in [5, 5.41) is 9.47. The van der Waals surface area contributed by atoms with Crippen molar-refractivity contribution in [3.63, 3.8) is 0 Å². The van der Waals surface area contributed by atoms with Crippen molar-refractivity contribution in [1.82, 2.24) is 4.98 Å². The molecule has 18 heavy (non-hydrogen) atoms. The van der Waals surface area contributed by atoms with Crippen molar-refractivity contribution in [3.8, 4) is 6.07 Å². The van der Waals surface area contributed by atoms with E-state index < -0.39 is 0 Å². The topological polar surface area (TPSA) is 53.8 Å². The van der Waals surface area contributed by atoms with Gasteiger partial charge in [0.25, 0.3) is 0 Å². The third kappa shape index (κ3) is 3.19. The Kier molecular flexibility index (Phi) is 4.13. The number of Topliss-reactive ketones (excluding diaryl/α,β-unsaturated/α-hetero) is 1. The lowest BCUT2D eigenvalue weighted by atomic mass is 10.3. The van der Waals surface area contributed by atoms with Crippen LogP contribution in [-0.2, 0) is 0 Å². The number of carbonyl (C=O) groups is 1. The molecule has 0 bridgehead atoms. The van der Waals surface area contributed by atoms with Gasteiger partial charge >= 0.3 is 0 Å². The summed E-state index contributed by atoms with van der Waals surface area (Å²) in [6.07, 6.45) is 1.58. The molecule has 0 N–H and O–H groups in total. The molecule has 5 heteroatoms. The summed E-state index contributed by atoms with van der Waals surface area (Å²) in [5.41, 5.74) is 0.562. The number of aryl methyl sites for hydroxylation is 1.